The van der Waals surface area contributed by atoms with E-state index >= 15 is 0 Å². The highest BCUT2D eigenvalue weighted by molar-refractivity contribution is 6.40. The second kappa shape index (κ2) is 4.22. The number of nitrogens with zero attached hydrogens (tertiary/aromatic N) is 1. The van der Waals surface area contributed by atoms with E-state index in [0.29, 0.717) is 29.7 Å². The molecular weight excluding hydrogens is 228 g/mol. The van der Waals surface area contributed by atoms with Gasteiger partial charge in [0.1, 0.15) is 12.0 Å². The minimum absolute atomic E-state index is 0.206. The Balaban J connectivity index is 2.39. The monoisotopic (exact) mass is 238 g/mol. The molecule has 84 valence electrons. The minimum atomic E-state index is -0.538. The molecule has 1 aliphatic heterocycles. The number of hydrogen-bond acceptors (Lipinski definition) is 3. The number of aliphatic imine (C=N–C) groups is 1. The Hall–Kier alpha value is -1.42. The summed E-state index contributed by atoms with van der Waals surface area (Å²) in [6.45, 7) is 1.87. The molecule has 0 saturated heterocycles. The van der Waals surface area contributed by atoms with E-state index in [1.807, 2.05) is 6.92 Å². The SMILES string of the molecule is CCC1=NC2=CC=C(C=O)C(Cl)C2NC1=O. The van der Waals surface area contributed by atoms with E-state index < -0.39 is 11.4 Å². The van der Waals surface area contributed by atoms with Crippen LogP contribution in [0.4, 0.5) is 0 Å². The number of allylic oxidation sites excluding steroid dienone is 2. The molecule has 2 unspecified atom stereocenters. The first-order chi connectivity index (χ1) is 7.67. The van der Waals surface area contributed by atoms with Gasteiger partial charge < -0.3 is 5.32 Å². The quantitative estimate of drug-likeness (QED) is 0.576. The Morgan fingerprint density at radius 1 is 1.56 bits per heavy atom. The zero-order chi connectivity index (χ0) is 11.7. The topological polar surface area (TPSA) is 58.5 Å². The smallest absolute Gasteiger partial charge is 0.266 e. The van der Waals surface area contributed by atoms with Crippen LogP contribution >= 0.6 is 11.6 Å². The lowest BCUT2D eigenvalue weighted by atomic mass is 9.96. The lowest BCUT2D eigenvalue weighted by Crippen LogP contribution is -2.49. The van der Waals surface area contributed by atoms with Crippen LogP contribution in [-0.4, -0.2) is 29.3 Å². The van der Waals surface area contributed by atoms with Crippen molar-refractivity contribution in [3.05, 3.63) is 23.4 Å². The highest BCUT2D eigenvalue weighted by atomic mass is 35.5. The molecule has 0 bridgehead atoms. The van der Waals surface area contributed by atoms with Crippen molar-refractivity contribution in [2.24, 2.45) is 4.99 Å². The van der Waals surface area contributed by atoms with E-state index in [1.54, 1.807) is 12.2 Å². The molecule has 1 amide bonds. The average molecular weight is 239 g/mol. The van der Waals surface area contributed by atoms with Gasteiger partial charge >= 0.3 is 0 Å². The van der Waals surface area contributed by atoms with Crippen molar-refractivity contribution in [2.75, 3.05) is 0 Å². The van der Waals surface area contributed by atoms with Crippen molar-refractivity contribution >= 4 is 29.5 Å². The van der Waals surface area contributed by atoms with E-state index in [-0.39, 0.29) is 5.91 Å². The van der Waals surface area contributed by atoms with E-state index in [2.05, 4.69) is 10.3 Å². The maximum absolute atomic E-state index is 11.6. The van der Waals surface area contributed by atoms with Gasteiger partial charge in [-0.2, -0.15) is 0 Å². The van der Waals surface area contributed by atoms with Gasteiger partial charge in [0.05, 0.1) is 17.1 Å². The van der Waals surface area contributed by atoms with Crippen molar-refractivity contribution in [1.29, 1.82) is 0 Å². The number of nitrogens with one attached hydrogen (secondary N) is 1. The second-order valence-corrected chi connectivity index (χ2v) is 4.11. The maximum atomic E-state index is 11.6. The van der Waals surface area contributed by atoms with Crippen LogP contribution in [0.5, 0.6) is 0 Å². The number of rotatable bonds is 2. The lowest BCUT2D eigenvalue weighted by Gasteiger charge is -2.30. The Kier molecular flexibility index (Phi) is 2.92. The van der Waals surface area contributed by atoms with Crippen LogP contribution in [0.1, 0.15) is 13.3 Å². The number of hydrogen-bond donors (Lipinski definition) is 1. The lowest BCUT2D eigenvalue weighted by molar-refractivity contribution is -0.115. The number of carbonyl (C=O) groups is 2. The predicted molar refractivity (Wildman–Crippen MR) is 61.5 cm³/mol. The van der Waals surface area contributed by atoms with E-state index in [9.17, 15) is 9.59 Å². The predicted octanol–water partition coefficient (Wildman–Crippen LogP) is 0.966. The molecule has 0 aromatic rings. The molecule has 1 N–H and O–H groups in total. The number of halogens is 1. The molecule has 1 aliphatic carbocycles. The van der Waals surface area contributed by atoms with E-state index in [4.69, 9.17) is 11.6 Å². The number of alkyl halides is 1. The highest BCUT2D eigenvalue weighted by Crippen LogP contribution is 2.26. The van der Waals surface area contributed by atoms with Gasteiger partial charge in [-0.3, -0.25) is 9.59 Å². The first kappa shape index (κ1) is 11.1. The molecule has 2 rings (SSSR count). The van der Waals surface area contributed by atoms with Crippen LogP contribution in [0.2, 0.25) is 0 Å². The van der Waals surface area contributed by atoms with E-state index in [0.717, 1.165) is 0 Å². The molecule has 0 spiro atoms. The number of amides is 1. The summed E-state index contributed by atoms with van der Waals surface area (Å²) in [6, 6.07) is -0.394. The molecule has 2 atom stereocenters. The van der Waals surface area contributed by atoms with E-state index in [1.165, 1.54) is 0 Å². The average Bonchev–Trinajstić information content (AvgIpc) is 2.30. The first-order valence-electron chi connectivity index (χ1n) is 5.06. The molecule has 0 aromatic carbocycles. The van der Waals surface area contributed by atoms with Crippen LogP contribution in [0, 0.1) is 0 Å². The number of aldehydes is 1. The zero-order valence-electron chi connectivity index (χ0n) is 8.74. The fourth-order valence-electron chi connectivity index (χ4n) is 1.75. The maximum Gasteiger partial charge on any atom is 0.266 e. The van der Waals surface area contributed by atoms with Crippen molar-refractivity contribution in [2.45, 2.75) is 24.8 Å². The van der Waals surface area contributed by atoms with Crippen molar-refractivity contribution < 1.29 is 9.59 Å². The largest absolute Gasteiger partial charge is 0.341 e. The van der Waals surface area contributed by atoms with Gasteiger partial charge in [0, 0.05) is 5.57 Å². The molecule has 0 saturated carbocycles. The van der Waals surface area contributed by atoms with Crippen LogP contribution < -0.4 is 5.32 Å². The molecule has 1 heterocycles. The minimum Gasteiger partial charge on any atom is -0.341 e. The summed E-state index contributed by atoms with van der Waals surface area (Å²) in [5, 5.41) is 2.23. The molecule has 0 radical (unpaired) electrons. The standard InChI is InChI=1S/C11H11ClN2O2/c1-2-7-11(16)14-10-8(13-7)4-3-6(5-15)9(10)12/h3-5,9-10H,2H2,1H3,(H,14,16). The van der Waals surface area contributed by atoms with Gasteiger partial charge in [-0.15, -0.1) is 11.6 Å². The first-order valence-corrected chi connectivity index (χ1v) is 5.50. The van der Waals surface area contributed by atoms with Gasteiger partial charge in [-0.1, -0.05) is 13.0 Å². The molecule has 4 nitrogen and oxygen atoms in total. The Bertz CT molecular complexity index is 437. The van der Waals surface area contributed by atoms with Crippen molar-refractivity contribution in [3.63, 3.8) is 0 Å². The zero-order valence-corrected chi connectivity index (χ0v) is 9.49. The van der Waals surface area contributed by atoms with Crippen LogP contribution in [0.25, 0.3) is 0 Å². The Labute approximate surface area is 98.1 Å². The number of fused-ring (bicyclic) bond motifs is 1. The Morgan fingerprint density at radius 2 is 2.31 bits per heavy atom. The fraction of sp³-hybridized carbons (Fsp3) is 0.364. The van der Waals surface area contributed by atoms with Gasteiger partial charge in [-0.05, 0) is 12.5 Å². The Morgan fingerprint density at radius 3 is 2.94 bits per heavy atom. The van der Waals surface area contributed by atoms with Crippen LogP contribution in [-0.2, 0) is 9.59 Å². The number of carbonyl (C=O) groups excluding carboxylic acids is 2. The summed E-state index contributed by atoms with van der Waals surface area (Å²) in [6.07, 6.45) is 4.65. The fourth-order valence-corrected chi connectivity index (χ4v) is 2.06. The summed E-state index contributed by atoms with van der Waals surface area (Å²) in [5.74, 6) is -0.206. The molecular formula is C11H11ClN2O2. The molecule has 16 heavy (non-hydrogen) atoms. The van der Waals surface area contributed by atoms with Crippen LogP contribution in [0.3, 0.4) is 0 Å². The molecule has 0 fully saturated rings. The third-order valence-corrected chi connectivity index (χ3v) is 3.16. The summed E-state index contributed by atoms with van der Waals surface area (Å²) >= 11 is 6.09. The van der Waals surface area contributed by atoms with Gasteiger partial charge in [0.25, 0.3) is 5.91 Å². The van der Waals surface area contributed by atoms with Gasteiger partial charge in [0.2, 0.25) is 0 Å². The molecule has 5 heteroatoms. The van der Waals surface area contributed by atoms with Gasteiger partial charge in [-0.25, -0.2) is 4.99 Å². The normalized spacial score (nSPS) is 28.4. The summed E-state index contributed by atoms with van der Waals surface area (Å²) in [4.78, 5) is 26.5. The third kappa shape index (κ3) is 1.69. The third-order valence-electron chi connectivity index (χ3n) is 2.66. The summed E-state index contributed by atoms with van der Waals surface area (Å²) < 4.78 is 0. The summed E-state index contributed by atoms with van der Waals surface area (Å²) in [7, 11) is 0. The second-order valence-electron chi connectivity index (χ2n) is 3.64. The van der Waals surface area contributed by atoms with Gasteiger partial charge in [0.15, 0.2) is 0 Å². The van der Waals surface area contributed by atoms with Crippen LogP contribution in [0.15, 0.2) is 28.4 Å². The van der Waals surface area contributed by atoms with Crippen molar-refractivity contribution in [1.82, 2.24) is 5.32 Å². The van der Waals surface area contributed by atoms with Crippen molar-refractivity contribution in [3.8, 4) is 0 Å². The molecule has 0 aromatic heterocycles. The highest BCUT2D eigenvalue weighted by Gasteiger charge is 2.34. The molecule has 2 aliphatic rings. The summed E-state index contributed by atoms with van der Waals surface area (Å²) in [5.41, 5.74) is 1.67.